The molecule has 0 spiro atoms. The van der Waals surface area contributed by atoms with Crippen LogP contribution < -0.4 is 5.73 Å². The van der Waals surface area contributed by atoms with Gasteiger partial charge in [-0.15, -0.1) is 12.6 Å². The normalized spacial score (nSPS) is 18.6. The number of thiol groups is 1. The molecule has 0 aromatic heterocycles. The van der Waals surface area contributed by atoms with Gasteiger partial charge in [-0.2, -0.15) is 0 Å². The van der Waals surface area contributed by atoms with Crippen molar-refractivity contribution in [2.75, 3.05) is 0 Å². The highest BCUT2D eigenvalue weighted by Gasteiger charge is 2.30. The third-order valence-electron chi connectivity index (χ3n) is 2.50. The Bertz CT molecular complexity index is 323. The minimum Gasteiger partial charge on any atom is -0.508 e. The van der Waals surface area contributed by atoms with Crippen molar-refractivity contribution in [3.05, 3.63) is 23.8 Å². The van der Waals surface area contributed by atoms with E-state index in [9.17, 15) is 5.11 Å². The van der Waals surface area contributed by atoms with Crippen LogP contribution in [-0.2, 0) is 0 Å². The predicted molar refractivity (Wildman–Crippen MR) is 55.0 cm³/mol. The second kappa shape index (κ2) is 3.24. The summed E-state index contributed by atoms with van der Waals surface area (Å²) < 4.78 is 0. The van der Waals surface area contributed by atoms with Gasteiger partial charge in [0.05, 0.1) is 0 Å². The summed E-state index contributed by atoms with van der Waals surface area (Å²) in [5.74, 6) is 0.837. The lowest BCUT2D eigenvalue weighted by molar-refractivity contribution is 0.454. The maximum absolute atomic E-state index is 9.61. The molecule has 1 aliphatic rings. The zero-order valence-electron chi connectivity index (χ0n) is 7.27. The molecule has 0 aliphatic heterocycles. The highest BCUT2D eigenvalue weighted by atomic mass is 32.1. The van der Waals surface area contributed by atoms with Gasteiger partial charge in [-0.05, 0) is 30.9 Å². The summed E-state index contributed by atoms with van der Waals surface area (Å²) in [6, 6.07) is 5.36. The van der Waals surface area contributed by atoms with Crippen LogP contribution in [0.25, 0.3) is 0 Å². The van der Waals surface area contributed by atoms with Crippen molar-refractivity contribution in [2.45, 2.75) is 23.8 Å². The maximum Gasteiger partial charge on any atom is 0.121 e. The van der Waals surface area contributed by atoms with Gasteiger partial charge in [0.15, 0.2) is 0 Å². The minimum absolute atomic E-state index is 0.00562. The second-order valence-corrected chi connectivity index (χ2v) is 4.12. The van der Waals surface area contributed by atoms with E-state index in [1.54, 1.807) is 6.07 Å². The van der Waals surface area contributed by atoms with E-state index in [0.717, 1.165) is 10.5 Å². The zero-order chi connectivity index (χ0) is 9.42. The zero-order valence-corrected chi connectivity index (χ0v) is 8.17. The molecule has 1 aliphatic carbocycles. The Morgan fingerprint density at radius 3 is 2.69 bits per heavy atom. The first-order valence-corrected chi connectivity index (χ1v) is 4.90. The van der Waals surface area contributed by atoms with Crippen molar-refractivity contribution in [2.24, 2.45) is 11.7 Å². The van der Waals surface area contributed by atoms with E-state index in [1.807, 2.05) is 12.1 Å². The van der Waals surface area contributed by atoms with E-state index in [1.165, 1.54) is 12.8 Å². The molecule has 3 heteroatoms. The van der Waals surface area contributed by atoms with Gasteiger partial charge in [-0.3, -0.25) is 0 Å². The van der Waals surface area contributed by atoms with E-state index in [-0.39, 0.29) is 11.8 Å². The van der Waals surface area contributed by atoms with Crippen molar-refractivity contribution in [1.82, 2.24) is 0 Å². The van der Waals surface area contributed by atoms with Gasteiger partial charge in [-0.25, -0.2) is 0 Å². The van der Waals surface area contributed by atoms with E-state index in [0.29, 0.717) is 5.92 Å². The van der Waals surface area contributed by atoms with Crippen molar-refractivity contribution >= 4 is 12.6 Å². The van der Waals surface area contributed by atoms with E-state index in [2.05, 4.69) is 12.6 Å². The van der Waals surface area contributed by atoms with Gasteiger partial charge in [-0.1, -0.05) is 6.07 Å². The third kappa shape index (κ3) is 1.81. The Balaban J connectivity index is 2.28. The fourth-order valence-corrected chi connectivity index (χ4v) is 1.72. The highest BCUT2D eigenvalue weighted by Crippen LogP contribution is 2.42. The van der Waals surface area contributed by atoms with Crippen molar-refractivity contribution < 1.29 is 5.11 Å². The van der Waals surface area contributed by atoms with Crippen LogP contribution in [0.15, 0.2) is 23.1 Å². The Kier molecular flexibility index (Phi) is 2.22. The molecular formula is C10H13NOS. The van der Waals surface area contributed by atoms with Gasteiger partial charge >= 0.3 is 0 Å². The molecule has 0 heterocycles. The summed E-state index contributed by atoms with van der Waals surface area (Å²) in [7, 11) is 0. The molecule has 1 fully saturated rings. The molecule has 70 valence electrons. The standard InChI is InChI=1S/C10H13NOS/c11-10(6-1-2-6)8-4-3-7(13)5-9(8)12/h3-6,10,12-13H,1-2,11H2/t10-/m1/s1. The number of phenols is 1. The van der Waals surface area contributed by atoms with E-state index in [4.69, 9.17) is 5.73 Å². The molecular weight excluding hydrogens is 182 g/mol. The lowest BCUT2D eigenvalue weighted by Gasteiger charge is -2.12. The lowest BCUT2D eigenvalue weighted by atomic mass is 10.0. The SMILES string of the molecule is N[C@@H](c1ccc(S)cc1O)C1CC1. The number of hydrogen-bond donors (Lipinski definition) is 3. The van der Waals surface area contributed by atoms with Gasteiger partial charge in [0.2, 0.25) is 0 Å². The monoisotopic (exact) mass is 195 g/mol. The predicted octanol–water partition coefficient (Wildman–Crippen LogP) is 2.09. The summed E-state index contributed by atoms with van der Waals surface area (Å²) >= 11 is 4.14. The number of aromatic hydroxyl groups is 1. The first kappa shape index (κ1) is 8.91. The van der Waals surface area contributed by atoms with Crippen LogP contribution in [0.4, 0.5) is 0 Å². The van der Waals surface area contributed by atoms with E-state index < -0.39 is 0 Å². The molecule has 2 rings (SSSR count). The fraction of sp³-hybridized carbons (Fsp3) is 0.400. The van der Waals surface area contributed by atoms with Crippen LogP contribution >= 0.6 is 12.6 Å². The third-order valence-corrected chi connectivity index (χ3v) is 2.78. The van der Waals surface area contributed by atoms with Crippen LogP contribution in [0.1, 0.15) is 24.4 Å². The Morgan fingerprint density at radius 1 is 1.46 bits per heavy atom. The van der Waals surface area contributed by atoms with Crippen LogP contribution in [-0.4, -0.2) is 5.11 Å². The van der Waals surface area contributed by atoms with Crippen molar-refractivity contribution in [1.29, 1.82) is 0 Å². The molecule has 0 saturated heterocycles. The Hall–Kier alpha value is -0.670. The molecule has 0 unspecified atom stereocenters. The van der Waals surface area contributed by atoms with Gasteiger partial charge < -0.3 is 10.8 Å². The van der Waals surface area contributed by atoms with E-state index >= 15 is 0 Å². The molecule has 3 N–H and O–H groups in total. The molecule has 0 bridgehead atoms. The number of nitrogens with two attached hydrogens (primary N) is 1. The number of hydrogen-bond acceptors (Lipinski definition) is 3. The van der Waals surface area contributed by atoms with Crippen LogP contribution in [0.5, 0.6) is 5.75 Å². The molecule has 0 radical (unpaired) electrons. The summed E-state index contributed by atoms with van der Waals surface area (Å²) in [6.45, 7) is 0. The number of rotatable bonds is 2. The molecule has 1 aromatic carbocycles. The Labute approximate surface area is 83.2 Å². The first-order chi connectivity index (χ1) is 6.18. The number of benzene rings is 1. The van der Waals surface area contributed by atoms with Crippen LogP contribution in [0.2, 0.25) is 0 Å². The maximum atomic E-state index is 9.61. The fourth-order valence-electron chi connectivity index (χ4n) is 1.52. The summed E-state index contributed by atoms with van der Waals surface area (Å²) in [6.07, 6.45) is 2.37. The lowest BCUT2D eigenvalue weighted by Crippen LogP contribution is -2.12. The first-order valence-electron chi connectivity index (χ1n) is 4.46. The van der Waals surface area contributed by atoms with Crippen molar-refractivity contribution in [3.8, 4) is 5.75 Å². The Morgan fingerprint density at radius 2 is 2.15 bits per heavy atom. The molecule has 2 nitrogen and oxygen atoms in total. The molecule has 1 saturated carbocycles. The second-order valence-electron chi connectivity index (χ2n) is 3.61. The molecule has 0 amide bonds. The minimum atomic E-state index is -0.00562. The number of phenolic OH excluding ortho intramolecular Hbond substituents is 1. The van der Waals surface area contributed by atoms with Crippen LogP contribution in [0, 0.1) is 5.92 Å². The quantitative estimate of drug-likeness (QED) is 0.633. The highest BCUT2D eigenvalue weighted by molar-refractivity contribution is 7.80. The summed E-state index contributed by atoms with van der Waals surface area (Å²) in [4.78, 5) is 0.768. The van der Waals surface area contributed by atoms with Crippen molar-refractivity contribution in [3.63, 3.8) is 0 Å². The molecule has 13 heavy (non-hydrogen) atoms. The smallest absolute Gasteiger partial charge is 0.121 e. The van der Waals surface area contributed by atoms with Gasteiger partial charge in [0.25, 0.3) is 0 Å². The molecule has 1 aromatic rings. The molecule has 1 atom stereocenters. The largest absolute Gasteiger partial charge is 0.508 e. The average molecular weight is 195 g/mol. The van der Waals surface area contributed by atoms with Crippen LogP contribution in [0.3, 0.4) is 0 Å². The van der Waals surface area contributed by atoms with Gasteiger partial charge in [0.1, 0.15) is 5.75 Å². The summed E-state index contributed by atoms with van der Waals surface area (Å²) in [5.41, 5.74) is 6.81. The topological polar surface area (TPSA) is 46.2 Å². The van der Waals surface area contributed by atoms with Gasteiger partial charge in [0, 0.05) is 16.5 Å². The summed E-state index contributed by atoms with van der Waals surface area (Å²) in [5, 5.41) is 9.61. The average Bonchev–Trinajstić information content (AvgIpc) is 2.85.